The van der Waals surface area contributed by atoms with E-state index in [0.717, 1.165) is 0 Å². The molecule has 2 aromatic rings. The van der Waals surface area contributed by atoms with Crippen LogP contribution in [0.25, 0.3) is 0 Å². The lowest BCUT2D eigenvalue weighted by Crippen LogP contribution is -2.28. The van der Waals surface area contributed by atoms with Crippen molar-refractivity contribution in [2.75, 3.05) is 20.8 Å². The summed E-state index contributed by atoms with van der Waals surface area (Å²) in [6.07, 6.45) is 0. The average molecular weight is 395 g/mol. The molecule has 0 saturated heterocycles. The zero-order chi connectivity index (χ0) is 20.5. The second kappa shape index (κ2) is 10.1. The van der Waals surface area contributed by atoms with E-state index < -0.39 is 12.6 Å². The Balaban J connectivity index is 1.84. The van der Waals surface area contributed by atoms with Gasteiger partial charge in [0, 0.05) is 6.54 Å². The monoisotopic (exact) mass is 395 g/mol. The van der Waals surface area contributed by atoms with Crippen molar-refractivity contribution in [3.63, 3.8) is 0 Å². The van der Waals surface area contributed by atoms with Crippen LogP contribution in [0, 0.1) is 0 Å². The molecule has 0 saturated carbocycles. The maximum absolute atomic E-state index is 12.3. The van der Waals surface area contributed by atoms with E-state index in [1.54, 1.807) is 12.1 Å². The van der Waals surface area contributed by atoms with Gasteiger partial charge in [-0.1, -0.05) is 6.07 Å². The summed E-state index contributed by atoms with van der Waals surface area (Å²) in [4.78, 5) is 23.3. The van der Waals surface area contributed by atoms with Crippen molar-refractivity contribution in [2.24, 2.45) is 0 Å². The quantitative estimate of drug-likeness (QED) is 0.658. The second-order valence-corrected chi connectivity index (χ2v) is 5.45. The molecule has 0 aromatic heterocycles. The van der Waals surface area contributed by atoms with E-state index in [1.165, 1.54) is 44.6 Å². The maximum atomic E-state index is 12.3. The highest BCUT2D eigenvalue weighted by Gasteiger charge is 2.12. The number of nitrogens with one attached hydrogen (secondary N) is 1. The average Bonchev–Trinajstić information content (AvgIpc) is 2.70. The minimum Gasteiger partial charge on any atom is -0.493 e. The van der Waals surface area contributed by atoms with Gasteiger partial charge >= 0.3 is 12.6 Å². The van der Waals surface area contributed by atoms with Crippen molar-refractivity contribution in [1.82, 2.24) is 5.32 Å². The first-order valence-corrected chi connectivity index (χ1v) is 8.12. The highest BCUT2D eigenvalue weighted by molar-refractivity contribution is 5.89. The van der Waals surface area contributed by atoms with Gasteiger partial charge in [-0.25, -0.2) is 4.79 Å². The van der Waals surface area contributed by atoms with Gasteiger partial charge in [-0.2, -0.15) is 8.78 Å². The third kappa shape index (κ3) is 6.11. The van der Waals surface area contributed by atoms with E-state index in [1.807, 2.05) is 0 Å². The van der Waals surface area contributed by atoms with Crippen LogP contribution in [-0.2, 0) is 16.1 Å². The molecular weight excluding hydrogens is 376 g/mol. The van der Waals surface area contributed by atoms with Crippen LogP contribution >= 0.6 is 0 Å². The van der Waals surface area contributed by atoms with E-state index >= 15 is 0 Å². The largest absolute Gasteiger partial charge is 0.493 e. The lowest BCUT2D eigenvalue weighted by atomic mass is 10.2. The van der Waals surface area contributed by atoms with Crippen LogP contribution in [0.4, 0.5) is 8.78 Å². The Morgan fingerprint density at radius 2 is 1.75 bits per heavy atom. The summed E-state index contributed by atoms with van der Waals surface area (Å²) in [5.74, 6) is -0.396. The molecule has 0 unspecified atom stereocenters. The fraction of sp³-hybridized carbons (Fsp3) is 0.263. The Kier molecular flexibility index (Phi) is 7.55. The predicted octanol–water partition coefficient (Wildman–Crippen LogP) is 2.78. The number of ether oxygens (including phenoxy) is 4. The summed E-state index contributed by atoms with van der Waals surface area (Å²) in [6.45, 7) is -3.05. The molecule has 7 nitrogen and oxygen atoms in total. The summed E-state index contributed by atoms with van der Waals surface area (Å²) in [6, 6.07) is 10.5. The molecule has 0 aliphatic carbocycles. The van der Waals surface area contributed by atoms with E-state index in [9.17, 15) is 18.4 Å². The molecular formula is C19H19F2NO6. The normalized spacial score (nSPS) is 10.3. The predicted molar refractivity (Wildman–Crippen MR) is 94.7 cm³/mol. The third-order valence-electron chi connectivity index (χ3n) is 3.58. The Hall–Kier alpha value is -3.36. The first-order chi connectivity index (χ1) is 13.4. The van der Waals surface area contributed by atoms with E-state index in [2.05, 4.69) is 14.8 Å². The highest BCUT2D eigenvalue weighted by atomic mass is 19.3. The topological polar surface area (TPSA) is 83.1 Å². The van der Waals surface area contributed by atoms with Crippen LogP contribution < -0.4 is 19.5 Å². The number of benzene rings is 2. The van der Waals surface area contributed by atoms with Crippen molar-refractivity contribution in [3.8, 4) is 17.2 Å². The van der Waals surface area contributed by atoms with Crippen LogP contribution in [0.15, 0.2) is 42.5 Å². The Labute approximate surface area is 160 Å². The molecule has 0 radical (unpaired) electrons. The van der Waals surface area contributed by atoms with Crippen LogP contribution in [0.2, 0.25) is 0 Å². The van der Waals surface area contributed by atoms with Crippen molar-refractivity contribution in [1.29, 1.82) is 0 Å². The number of carbonyl (C=O) groups excluding carboxylic acids is 2. The summed E-state index contributed by atoms with van der Waals surface area (Å²) >= 11 is 0. The number of esters is 1. The highest BCUT2D eigenvalue weighted by Crippen LogP contribution is 2.29. The summed E-state index contributed by atoms with van der Waals surface area (Å²) in [5.41, 5.74) is 1.00. The molecule has 2 aromatic carbocycles. The minimum atomic E-state index is -2.96. The Bertz CT molecular complexity index is 811. The molecule has 1 amide bonds. The molecule has 9 heteroatoms. The van der Waals surface area contributed by atoms with E-state index in [4.69, 9.17) is 9.47 Å². The molecule has 0 aliphatic heterocycles. The molecule has 2 rings (SSSR count). The SMILES string of the molecule is COC(=O)c1ccc(OCC(=O)NCc2ccc(OC(F)F)c(OC)c2)cc1. The van der Waals surface area contributed by atoms with Crippen LogP contribution in [0.1, 0.15) is 15.9 Å². The molecule has 1 N–H and O–H groups in total. The number of hydrogen-bond acceptors (Lipinski definition) is 6. The molecule has 150 valence electrons. The van der Waals surface area contributed by atoms with E-state index in [-0.39, 0.29) is 30.6 Å². The van der Waals surface area contributed by atoms with Crippen LogP contribution in [-0.4, -0.2) is 39.3 Å². The molecule has 0 heterocycles. The van der Waals surface area contributed by atoms with Gasteiger partial charge in [0.05, 0.1) is 19.8 Å². The maximum Gasteiger partial charge on any atom is 0.387 e. The number of halogens is 2. The van der Waals surface area contributed by atoms with Crippen molar-refractivity contribution < 1.29 is 37.3 Å². The number of carbonyl (C=O) groups is 2. The van der Waals surface area contributed by atoms with Gasteiger partial charge in [-0.05, 0) is 42.0 Å². The van der Waals surface area contributed by atoms with Crippen LogP contribution in [0.5, 0.6) is 17.2 Å². The summed E-state index contributed by atoms with van der Waals surface area (Å²) in [7, 11) is 2.61. The number of methoxy groups -OCH3 is 2. The molecule has 0 aliphatic rings. The van der Waals surface area contributed by atoms with Crippen molar-refractivity contribution in [2.45, 2.75) is 13.2 Å². The number of alkyl halides is 2. The van der Waals surface area contributed by atoms with Crippen LogP contribution in [0.3, 0.4) is 0 Å². The lowest BCUT2D eigenvalue weighted by molar-refractivity contribution is -0.123. The van der Waals surface area contributed by atoms with Gasteiger partial charge in [0.1, 0.15) is 5.75 Å². The molecule has 0 bridgehead atoms. The second-order valence-electron chi connectivity index (χ2n) is 5.45. The number of hydrogen-bond donors (Lipinski definition) is 1. The van der Waals surface area contributed by atoms with Crippen molar-refractivity contribution in [3.05, 3.63) is 53.6 Å². The molecule has 0 spiro atoms. The molecule has 0 atom stereocenters. The van der Waals surface area contributed by atoms with Crippen molar-refractivity contribution >= 4 is 11.9 Å². The third-order valence-corrected chi connectivity index (χ3v) is 3.58. The van der Waals surface area contributed by atoms with Gasteiger partial charge in [0.25, 0.3) is 5.91 Å². The summed E-state index contributed by atoms with van der Waals surface area (Å²) in [5, 5.41) is 2.64. The Morgan fingerprint density at radius 3 is 2.36 bits per heavy atom. The molecule has 0 fully saturated rings. The smallest absolute Gasteiger partial charge is 0.387 e. The van der Waals surface area contributed by atoms with Gasteiger partial charge in [0.15, 0.2) is 18.1 Å². The zero-order valence-electron chi connectivity index (χ0n) is 15.2. The standard InChI is InChI=1S/C19H19F2NO6/c1-25-16-9-12(3-8-15(16)28-19(20)21)10-22-17(23)11-27-14-6-4-13(5-7-14)18(24)26-2/h3-9,19H,10-11H2,1-2H3,(H,22,23). The fourth-order valence-electron chi connectivity index (χ4n) is 2.22. The van der Waals surface area contributed by atoms with E-state index in [0.29, 0.717) is 16.9 Å². The number of rotatable bonds is 9. The first-order valence-electron chi connectivity index (χ1n) is 8.12. The van der Waals surface area contributed by atoms with Gasteiger partial charge in [-0.3, -0.25) is 4.79 Å². The van der Waals surface area contributed by atoms with Gasteiger partial charge in [0.2, 0.25) is 0 Å². The minimum absolute atomic E-state index is 0.0914. The fourth-order valence-corrected chi connectivity index (χ4v) is 2.22. The lowest BCUT2D eigenvalue weighted by Gasteiger charge is -2.12. The summed E-state index contributed by atoms with van der Waals surface area (Å²) < 4.78 is 43.9. The number of amides is 1. The molecule has 28 heavy (non-hydrogen) atoms. The zero-order valence-corrected chi connectivity index (χ0v) is 15.2. The van der Waals surface area contributed by atoms with Gasteiger partial charge in [-0.15, -0.1) is 0 Å². The first kappa shape index (κ1) is 20.9. The Morgan fingerprint density at radius 1 is 1.04 bits per heavy atom. The van der Waals surface area contributed by atoms with Gasteiger partial charge < -0.3 is 24.3 Å².